The smallest absolute Gasteiger partial charge is 0.338 e. The summed E-state index contributed by atoms with van der Waals surface area (Å²) in [5.74, 6) is -1.45. The molecule has 0 aliphatic carbocycles. The fourth-order valence-corrected chi connectivity index (χ4v) is 1.93. The summed E-state index contributed by atoms with van der Waals surface area (Å²) in [6.45, 7) is -0.0512. The van der Waals surface area contributed by atoms with Crippen LogP contribution < -0.4 is 10.2 Å². The lowest BCUT2D eigenvalue weighted by molar-refractivity contribution is 0.0597. The highest BCUT2D eigenvalue weighted by atomic mass is 19.1. The van der Waals surface area contributed by atoms with Gasteiger partial charge in [0.25, 0.3) is 0 Å². The van der Waals surface area contributed by atoms with Crippen molar-refractivity contribution in [3.8, 4) is 5.75 Å². The first-order valence-electron chi connectivity index (χ1n) is 6.40. The molecule has 6 heteroatoms. The number of aldehydes is 1. The SMILES string of the molecule is [B]c1ccc(OCc2ccccc2C(=O)OC)c(F)c1C=O. The molecule has 0 aromatic heterocycles. The Labute approximate surface area is 128 Å². The first-order valence-corrected chi connectivity index (χ1v) is 6.40. The van der Waals surface area contributed by atoms with Gasteiger partial charge in [-0.25, -0.2) is 9.18 Å². The van der Waals surface area contributed by atoms with Crippen LogP contribution in [-0.2, 0) is 11.3 Å². The van der Waals surface area contributed by atoms with Crippen LogP contribution in [0, 0.1) is 5.82 Å². The van der Waals surface area contributed by atoms with Gasteiger partial charge in [-0.3, -0.25) is 4.79 Å². The molecule has 2 radical (unpaired) electrons. The van der Waals surface area contributed by atoms with Crippen molar-refractivity contribution in [3.05, 3.63) is 58.9 Å². The van der Waals surface area contributed by atoms with Gasteiger partial charge in [0.15, 0.2) is 17.9 Å². The molecule has 0 bridgehead atoms. The van der Waals surface area contributed by atoms with Crippen molar-refractivity contribution in [1.29, 1.82) is 0 Å². The molecule has 0 amide bonds. The van der Waals surface area contributed by atoms with Gasteiger partial charge in [0.2, 0.25) is 0 Å². The number of rotatable bonds is 5. The van der Waals surface area contributed by atoms with E-state index >= 15 is 0 Å². The Balaban J connectivity index is 2.25. The molecule has 4 nitrogen and oxygen atoms in total. The maximum Gasteiger partial charge on any atom is 0.338 e. The summed E-state index contributed by atoms with van der Waals surface area (Å²) in [7, 11) is 6.78. The van der Waals surface area contributed by atoms with E-state index in [9.17, 15) is 14.0 Å². The fraction of sp³-hybridized carbons (Fsp3) is 0.125. The quantitative estimate of drug-likeness (QED) is 0.480. The molecule has 0 saturated heterocycles. The average molecular weight is 298 g/mol. The number of esters is 1. The average Bonchev–Trinajstić information content (AvgIpc) is 2.54. The first-order chi connectivity index (χ1) is 10.6. The standard InChI is InChI=1S/C16H12BFO4/c1-21-16(20)11-5-3-2-4-10(11)9-22-14-7-6-13(17)12(8-19)15(14)18/h2-8H,9H2,1H3. The Morgan fingerprint density at radius 2 is 2.00 bits per heavy atom. The molecule has 0 aliphatic heterocycles. The van der Waals surface area contributed by atoms with E-state index in [-0.39, 0.29) is 23.4 Å². The maximum absolute atomic E-state index is 14.0. The van der Waals surface area contributed by atoms with E-state index < -0.39 is 11.8 Å². The predicted molar refractivity (Wildman–Crippen MR) is 79.3 cm³/mol. The summed E-state index contributed by atoms with van der Waals surface area (Å²) < 4.78 is 24.1. The van der Waals surface area contributed by atoms with Crippen LogP contribution in [0.25, 0.3) is 0 Å². The highest BCUT2D eigenvalue weighted by Crippen LogP contribution is 2.20. The molecule has 0 heterocycles. The second-order valence-corrected chi connectivity index (χ2v) is 4.44. The fourth-order valence-electron chi connectivity index (χ4n) is 1.93. The zero-order valence-corrected chi connectivity index (χ0v) is 11.8. The molecule has 2 aromatic carbocycles. The Bertz CT molecular complexity index is 715. The Kier molecular flexibility index (Phi) is 4.93. The topological polar surface area (TPSA) is 52.6 Å². The molecule has 110 valence electrons. The largest absolute Gasteiger partial charge is 0.486 e. The molecule has 0 aliphatic rings. The minimum absolute atomic E-state index is 0.0369. The number of hydrogen-bond acceptors (Lipinski definition) is 4. The molecule has 0 N–H and O–H groups in total. The van der Waals surface area contributed by atoms with Crippen LogP contribution in [0.3, 0.4) is 0 Å². The van der Waals surface area contributed by atoms with Crippen molar-refractivity contribution in [2.45, 2.75) is 6.61 Å². The number of carbonyl (C=O) groups excluding carboxylic acids is 2. The van der Waals surface area contributed by atoms with E-state index in [0.29, 0.717) is 17.4 Å². The van der Waals surface area contributed by atoms with Gasteiger partial charge >= 0.3 is 5.97 Å². The minimum atomic E-state index is -0.828. The first kappa shape index (κ1) is 15.8. The molecule has 2 rings (SSSR count). The van der Waals surface area contributed by atoms with Crippen molar-refractivity contribution < 1.29 is 23.5 Å². The summed E-state index contributed by atoms with van der Waals surface area (Å²) >= 11 is 0. The lowest BCUT2D eigenvalue weighted by Crippen LogP contribution is -2.14. The summed E-state index contributed by atoms with van der Waals surface area (Å²) in [6.07, 6.45) is 0.333. The van der Waals surface area contributed by atoms with Crippen LogP contribution in [0.15, 0.2) is 36.4 Å². The predicted octanol–water partition coefficient (Wildman–Crippen LogP) is 1.80. The van der Waals surface area contributed by atoms with Crippen LogP contribution in [0.2, 0.25) is 0 Å². The van der Waals surface area contributed by atoms with Gasteiger partial charge in [-0.15, -0.1) is 0 Å². The molecule has 0 spiro atoms. The maximum atomic E-state index is 14.0. The van der Waals surface area contributed by atoms with Crippen LogP contribution >= 0.6 is 0 Å². The van der Waals surface area contributed by atoms with Gasteiger partial charge in [0, 0.05) is 11.1 Å². The van der Waals surface area contributed by atoms with E-state index in [4.69, 9.17) is 12.6 Å². The highest BCUT2D eigenvalue weighted by Gasteiger charge is 2.14. The minimum Gasteiger partial charge on any atom is -0.486 e. The summed E-state index contributed by atoms with van der Waals surface area (Å²) in [5, 5.41) is 0. The number of ether oxygens (including phenoxy) is 2. The zero-order chi connectivity index (χ0) is 16.1. The summed E-state index contributed by atoms with van der Waals surface area (Å²) in [6, 6.07) is 9.38. The van der Waals surface area contributed by atoms with Crippen molar-refractivity contribution in [2.75, 3.05) is 7.11 Å². The normalized spacial score (nSPS) is 10.1. The molecule has 2 aromatic rings. The Morgan fingerprint density at radius 1 is 1.27 bits per heavy atom. The van der Waals surface area contributed by atoms with Crippen molar-refractivity contribution in [2.24, 2.45) is 0 Å². The molecule has 0 fully saturated rings. The zero-order valence-electron chi connectivity index (χ0n) is 11.8. The van der Waals surface area contributed by atoms with Crippen LogP contribution in [0.4, 0.5) is 4.39 Å². The van der Waals surface area contributed by atoms with E-state index in [0.717, 1.165) is 0 Å². The van der Waals surface area contributed by atoms with Crippen LogP contribution in [-0.4, -0.2) is 27.2 Å². The van der Waals surface area contributed by atoms with Gasteiger partial charge in [-0.1, -0.05) is 29.7 Å². The van der Waals surface area contributed by atoms with Gasteiger partial charge in [-0.2, -0.15) is 0 Å². The van der Waals surface area contributed by atoms with Crippen molar-refractivity contribution >= 4 is 25.6 Å². The Morgan fingerprint density at radius 3 is 2.68 bits per heavy atom. The summed E-state index contributed by atoms with van der Waals surface area (Å²) in [5.41, 5.74) is 0.656. The molecule has 22 heavy (non-hydrogen) atoms. The second kappa shape index (κ2) is 6.89. The molecule has 0 unspecified atom stereocenters. The van der Waals surface area contributed by atoms with Gasteiger partial charge in [0.05, 0.1) is 12.7 Å². The van der Waals surface area contributed by atoms with Gasteiger partial charge < -0.3 is 9.47 Å². The third kappa shape index (κ3) is 3.16. The van der Waals surface area contributed by atoms with E-state index in [1.54, 1.807) is 24.3 Å². The van der Waals surface area contributed by atoms with Gasteiger partial charge in [0.1, 0.15) is 14.5 Å². The molecular weight excluding hydrogens is 286 g/mol. The number of hydrogen-bond donors (Lipinski definition) is 0. The lowest BCUT2D eigenvalue weighted by atomic mass is 9.90. The monoisotopic (exact) mass is 298 g/mol. The van der Waals surface area contributed by atoms with E-state index in [2.05, 4.69) is 4.74 Å². The molecule has 0 atom stereocenters. The van der Waals surface area contributed by atoms with Crippen molar-refractivity contribution in [1.82, 2.24) is 0 Å². The molecular formula is C16H12BFO4. The number of benzene rings is 2. The van der Waals surface area contributed by atoms with Gasteiger partial charge in [-0.05, 0) is 12.1 Å². The molecule has 0 saturated carbocycles. The Hall–Kier alpha value is -2.63. The number of halogens is 1. The number of methoxy groups -OCH3 is 1. The second-order valence-electron chi connectivity index (χ2n) is 4.44. The number of carbonyl (C=O) groups is 2. The third-order valence-electron chi connectivity index (χ3n) is 3.10. The summed E-state index contributed by atoms with van der Waals surface area (Å²) in [4.78, 5) is 22.5. The van der Waals surface area contributed by atoms with Crippen LogP contribution in [0.5, 0.6) is 5.75 Å². The third-order valence-corrected chi connectivity index (χ3v) is 3.10. The van der Waals surface area contributed by atoms with E-state index in [1.165, 1.54) is 19.2 Å². The van der Waals surface area contributed by atoms with E-state index in [1.807, 2.05) is 0 Å². The van der Waals surface area contributed by atoms with Crippen molar-refractivity contribution in [3.63, 3.8) is 0 Å². The lowest BCUT2D eigenvalue weighted by Gasteiger charge is -2.12. The highest BCUT2D eigenvalue weighted by molar-refractivity contribution is 6.35. The van der Waals surface area contributed by atoms with Crippen LogP contribution in [0.1, 0.15) is 26.3 Å².